The molecule has 1 heterocycles. The van der Waals surface area contributed by atoms with Gasteiger partial charge in [-0.3, -0.25) is 14.4 Å². The van der Waals surface area contributed by atoms with E-state index in [2.05, 4.69) is 4.98 Å². The van der Waals surface area contributed by atoms with Gasteiger partial charge in [-0.2, -0.15) is 0 Å². The zero-order valence-electron chi connectivity index (χ0n) is 16.3. The number of hydrogen-bond donors (Lipinski definition) is 1. The predicted octanol–water partition coefficient (Wildman–Crippen LogP) is 2.39. The summed E-state index contributed by atoms with van der Waals surface area (Å²) in [6.07, 6.45) is 0.597. The van der Waals surface area contributed by atoms with Gasteiger partial charge in [0.25, 0.3) is 5.91 Å². The number of carbonyl (C=O) groups is 1. The molecule has 1 amide bonds. The minimum absolute atomic E-state index is 0.205. The average molecular weight is 399 g/mol. The summed E-state index contributed by atoms with van der Waals surface area (Å²) in [6.45, 7) is 2.99. The molecule has 3 rings (SSSR count). The minimum Gasteiger partial charge on any atom is -0.494 e. The fourth-order valence-corrected chi connectivity index (χ4v) is 3.07. The first-order chi connectivity index (χ1) is 13.9. The molecule has 0 radical (unpaired) electrons. The van der Waals surface area contributed by atoms with E-state index in [4.69, 9.17) is 4.74 Å². The van der Waals surface area contributed by atoms with E-state index in [1.54, 1.807) is 49.2 Å². The molecule has 29 heavy (non-hydrogen) atoms. The van der Waals surface area contributed by atoms with Gasteiger partial charge >= 0.3 is 11.1 Å². The predicted molar refractivity (Wildman–Crippen MR) is 108 cm³/mol. The molecular weight excluding hydrogens is 377 g/mol. The third-order valence-corrected chi connectivity index (χ3v) is 4.61. The third-order valence-electron chi connectivity index (χ3n) is 4.61. The van der Waals surface area contributed by atoms with Crippen LogP contribution in [0.1, 0.15) is 23.7 Å². The van der Waals surface area contributed by atoms with Crippen LogP contribution in [0.25, 0.3) is 11.0 Å². The Morgan fingerprint density at radius 3 is 2.59 bits per heavy atom. The van der Waals surface area contributed by atoms with E-state index in [1.807, 2.05) is 0 Å². The minimum atomic E-state index is -0.713. The lowest BCUT2D eigenvalue weighted by Gasteiger charge is -2.18. The van der Waals surface area contributed by atoms with Crippen LogP contribution in [0, 0.1) is 5.82 Å². The van der Waals surface area contributed by atoms with E-state index in [-0.39, 0.29) is 11.7 Å². The van der Waals surface area contributed by atoms with Crippen LogP contribution in [0.15, 0.2) is 52.1 Å². The molecule has 0 saturated carbocycles. The first-order valence-corrected chi connectivity index (χ1v) is 9.31. The van der Waals surface area contributed by atoms with Crippen LogP contribution >= 0.6 is 0 Å². The molecule has 0 spiro atoms. The van der Waals surface area contributed by atoms with Crippen molar-refractivity contribution in [1.82, 2.24) is 14.5 Å². The topological polar surface area (TPSA) is 84.4 Å². The number of benzene rings is 2. The molecule has 152 valence electrons. The summed E-state index contributed by atoms with van der Waals surface area (Å²) >= 11 is 0. The van der Waals surface area contributed by atoms with Gasteiger partial charge < -0.3 is 19.2 Å². The second-order valence-electron chi connectivity index (χ2n) is 6.62. The number of halogens is 1. The maximum absolute atomic E-state index is 12.9. The quantitative estimate of drug-likeness (QED) is 0.488. The first-order valence-electron chi connectivity index (χ1n) is 9.31. The molecule has 1 aromatic heterocycles. The number of carbonyl (C=O) groups excluding carboxylic acids is 1. The van der Waals surface area contributed by atoms with Crippen LogP contribution in [0.4, 0.5) is 4.39 Å². The van der Waals surface area contributed by atoms with Crippen LogP contribution in [0.5, 0.6) is 5.75 Å². The van der Waals surface area contributed by atoms with Gasteiger partial charge in [0.15, 0.2) is 0 Å². The maximum atomic E-state index is 12.9. The molecular formula is C21H22FN3O4. The van der Waals surface area contributed by atoms with Crippen molar-refractivity contribution in [2.45, 2.75) is 19.9 Å². The van der Waals surface area contributed by atoms with E-state index in [9.17, 15) is 18.8 Å². The molecule has 0 aliphatic rings. The van der Waals surface area contributed by atoms with Gasteiger partial charge in [0.1, 0.15) is 11.6 Å². The van der Waals surface area contributed by atoms with Gasteiger partial charge in [-0.05, 0) is 55.8 Å². The van der Waals surface area contributed by atoms with Gasteiger partial charge in [0, 0.05) is 25.7 Å². The van der Waals surface area contributed by atoms with E-state index < -0.39 is 11.1 Å². The molecule has 2 aromatic carbocycles. The number of nitrogens with zero attached hydrogens (tertiary/aromatic N) is 2. The smallest absolute Gasteiger partial charge is 0.316 e. The standard InChI is InChI=1S/C21H22FN3O4/c1-3-25-18-10-5-14(13-17(18)23-19(26)21(25)28)20(27)24(2)11-4-12-29-16-8-6-15(22)7-9-16/h5-10,13H,3-4,11-12H2,1-2H3,(H,23,26). The number of ether oxygens (including phenoxy) is 1. The SMILES string of the molecule is CCn1c(=O)c(=O)[nH]c2cc(C(=O)N(C)CCCOc3ccc(F)cc3)ccc21. The Balaban J connectivity index is 1.65. The van der Waals surface area contributed by atoms with Crippen molar-refractivity contribution < 1.29 is 13.9 Å². The highest BCUT2D eigenvalue weighted by Crippen LogP contribution is 2.14. The van der Waals surface area contributed by atoms with Crippen LogP contribution in [-0.4, -0.2) is 40.6 Å². The summed E-state index contributed by atoms with van der Waals surface area (Å²) in [5.41, 5.74) is 0.100. The van der Waals surface area contributed by atoms with Crippen LogP contribution in [0.3, 0.4) is 0 Å². The summed E-state index contributed by atoms with van der Waals surface area (Å²) in [4.78, 5) is 40.5. The lowest BCUT2D eigenvalue weighted by Crippen LogP contribution is -2.36. The number of aromatic amines is 1. The maximum Gasteiger partial charge on any atom is 0.316 e. The van der Waals surface area contributed by atoms with Crippen molar-refractivity contribution in [3.8, 4) is 5.75 Å². The molecule has 0 saturated heterocycles. The largest absolute Gasteiger partial charge is 0.494 e. The molecule has 3 aromatic rings. The van der Waals surface area contributed by atoms with Gasteiger partial charge in [-0.15, -0.1) is 0 Å². The van der Waals surface area contributed by atoms with Crippen molar-refractivity contribution in [3.05, 3.63) is 74.6 Å². The van der Waals surface area contributed by atoms with Gasteiger partial charge in [-0.1, -0.05) is 0 Å². The van der Waals surface area contributed by atoms with Crippen LogP contribution in [0.2, 0.25) is 0 Å². The Bertz CT molecular complexity index is 1140. The Kier molecular flexibility index (Phi) is 6.11. The number of rotatable bonds is 7. The highest BCUT2D eigenvalue weighted by molar-refractivity contribution is 5.97. The van der Waals surface area contributed by atoms with E-state index in [1.165, 1.54) is 16.7 Å². The number of hydrogen-bond acceptors (Lipinski definition) is 4. The molecule has 0 aliphatic heterocycles. The van der Waals surface area contributed by atoms with Crippen molar-refractivity contribution in [3.63, 3.8) is 0 Å². The van der Waals surface area contributed by atoms with Crippen LogP contribution < -0.4 is 15.9 Å². The number of nitrogens with one attached hydrogen (secondary N) is 1. The Labute approximate surface area is 166 Å². The van der Waals surface area contributed by atoms with Gasteiger partial charge in [-0.25, -0.2) is 4.39 Å². The van der Waals surface area contributed by atoms with Crippen molar-refractivity contribution in [1.29, 1.82) is 0 Å². The van der Waals surface area contributed by atoms with Crippen molar-refractivity contribution in [2.24, 2.45) is 0 Å². The Hall–Kier alpha value is -3.42. The lowest BCUT2D eigenvalue weighted by molar-refractivity contribution is 0.0788. The van der Waals surface area contributed by atoms with Crippen LogP contribution in [-0.2, 0) is 6.54 Å². The second kappa shape index (κ2) is 8.72. The molecule has 8 heteroatoms. The van der Waals surface area contributed by atoms with E-state index >= 15 is 0 Å². The molecule has 0 atom stereocenters. The summed E-state index contributed by atoms with van der Waals surface area (Å²) in [6, 6.07) is 10.6. The second-order valence-corrected chi connectivity index (χ2v) is 6.62. The Morgan fingerprint density at radius 2 is 1.90 bits per heavy atom. The third kappa shape index (κ3) is 4.53. The molecule has 0 fully saturated rings. The van der Waals surface area contributed by atoms with Gasteiger partial charge in [0.2, 0.25) is 0 Å². The average Bonchev–Trinajstić information content (AvgIpc) is 2.72. The number of amides is 1. The highest BCUT2D eigenvalue weighted by atomic mass is 19.1. The zero-order chi connectivity index (χ0) is 21.0. The molecule has 0 aliphatic carbocycles. The summed E-state index contributed by atoms with van der Waals surface area (Å²) < 4.78 is 19.8. The zero-order valence-corrected chi connectivity index (χ0v) is 16.3. The number of aromatic nitrogens is 2. The van der Waals surface area contributed by atoms with E-state index in [0.717, 1.165) is 0 Å². The normalized spacial score (nSPS) is 10.9. The highest BCUT2D eigenvalue weighted by Gasteiger charge is 2.14. The number of fused-ring (bicyclic) bond motifs is 1. The fourth-order valence-electron chi connectivity index (χ4n) is 3.07. The lowest BCUT2D eigenvalue weighted by atomic mass is 10.1. The first kappa shape index (κ1) is 20.3. The molecule has 0 unspecified atom stereocenters. The monoisotopic (exact) mass is 399 g/mol. The molecule has 0 bridgehead atoms. The fraction of sp³-hybridized carbons (Fsp3) is 0.286. The Morgan fingerprint density at radius 1 is 1.17 bits per heavy atom. The molecule has 7 nitrogen and oxygen atoms in total. The van der Waals surface area contributed by atoms with Gasteiger partial charge in [0.05, 0.1) is 17.6 Å². The summed E-state index contributed by atoms with van der Waals surface area (Å²) in [7, 11) is 1.68. The summed E-state index contributed by atoms with van der Waals surface area (Å²) in [5.74, 6) is 0.0416. The summed E-state index contributed by atoms with van der Waals surface area (Å²) in [5, 5.41) is 0. The number of H-pyrrole nitrogens is 1. The number of aryl methyl sites for hydroxylation is 1. The van der Waals surface area contributed by atoms with E-state index in [0.29, 0.717) is 48.5 Å². The van der Waals surface area contributed by atoms with Crippen molar-refractivity contribution >= 4 is 16.9 Å². The molecule has 1 N–H and O–H groups in total. The van der Waals surface area contributed by atoms with Crippen molar-refractivity contribution in [2.75, 3.05) is 20.2 Å².